The van der Waals surface area contributed by atoms with E-state index >= 15 is 0 Å². The first-order chi connectivity index (χ1) is 18.8. The summed E-state index contributed by atoms with van der Waals surface area (Å²) >= 11 is 6.26. The van der Waals surface area contributed by atoms with Crippen molar-refractivity contribution in [1.82, 2.24) is 14.9 Å². The second-order valence-electron chi connectivity index (χ2n) is 7.74. The molecule has 0 aliphatic heterocycles. The predicted octanol–water partition coefficient (Wildman–Crippen LogP) is 2.20. The minimum atomic E-state index is -4.64. The summed E-state index contributed by atoms with van der Waals surface area (Å²) in [4.78, 5) is 32.9. The maximum absolute atomic E-state index is 14.5. The van der Waals surface area contributed by atoms with Crippen molar-refractivity contribution in [3.05, 3.63) is 86.2 Å². The molecule has 40 heavy (non-hydrogen) atoms. The van der Waals surface area contributed by atoms with Crippen molar-refractivity contribution in [2.24, 2.45) is 0 Å². The van der Waals surface area contributed by atoms with Gasteiger partial charge in [0.15, 0.2) is 24.8 Å². The Balaban J connectivity index is 1.65. The van der Waals surface area contributed by atoms with Crippen molar-refractivity contribution in [1.29, 1.82) is 0 Å². The molecule has 0 bridgehead atoms. The second-order valence-corrected chi connectivity index (χ2v) is 8.87. The molecule has 0 saturated carbocycles. The third kappa shape index (κ3) is 8.38. The van der Waals surface area contributed by atoms with Gasteiger partial charge in [0.05, 0.1) is 24.8 Å². The fraction of sp³-hybridized carbons (Fsp3) is 0.286. The predicted molar refractivity (Wildman–Crippen MR) is 127 cm³/mol. The van der Waals surface area contributed by atoms with Gasteiger partial charge in [0.2, 0.25) is 11.6 Å². The highest BCUT2D eigenvalue weighted by Crippen LogP contribution is 2.25. The largest absolute Gasteiger partial charge is 0.618 e. The van der Waals surface area contributed by atoms with Gasteiger partial charge in [-0.15, -0.1) is 0 Å². The number of amides is 1. The first-order valence-electron chi connectivity index (χ1n) is 10.8. The summed E-state index contributed by atoms with van der Waals surface area (Å²) in [6, 6.07) is 6.01. The van der Waals surface area contributed by atoms with Gasteiger partial charge >= 0.3 is 12.1 Å². The van der Waals surface area contributed by atoms with Crippen molar-refractivity contribution in [2.75, 3.05) is 18.5 Å². The Morgan fingerprint density at radius 1 is 1.12 bits per heavy atom. The number of nitrogens with zero attached hydrogens (tertiary/aromatic N) is 4. The van der Waals surface area contributed by atoms with Gasteiger partial charge in [-0.05, 0) is 12.1 Å². The molecule has 3 rings (SSSR count). The van der Waals surface area contributed by atoms with E-state index in [1.54, 1.807) is 0 Å². The number of hydrogen-bond donors (Lipinski definition) is 2. The number of carbonyl (C=O) groups is 1. The molecule has 3 aromatic rings. The molecular weight excluding hydrogens is 595 g/mol. The molecule has 0 atom stereocenters. The van der Waals surface area contributed by atoms with Crippen LogP contribution in [0.25, 0.3) is 0 Å². The maximum atomic E-state index is 14.5. The molecule has 3 heterocycles. The fourth-order valence-electron chi connectivity index (χ4n) is 3.01. The van der Waals surface area contributed by atoms with E-state index in [4.69, 9.17) is 11.6 Å². The number of nitrogens with one attached hydrogen (secondary N) is 2. The molecule has 0 fully saturated rings. The molecular formula is C21H18ClF5N6O6S. The Bertz CT molecular complexity index is 1410. The number of anilines is 1. The van der Waals surface area contributed by atoms with Gasteiger partial charge < -0.3 is 21.0 Å². The van der Waals surface area contributed by atoms with E-state index in [1.807, 2.05) is 0 Å². The zero-order valence-corrected chi connectivity index (χ0v) is 21.4. The van der Waals surface area contributed by atoms with Gasteiger partial charge in [-0.1, -0.05) is 11.6 Å². The highest BCUT2D eigenvalue weighted by molar-refractivity contribution is 7.94. The van der Waals surface area contributed by atoms with Crippen LogP contribution in [0.15, 0.2) is 58.6 Å². The second kappa shape index (κ2) is 13.1. The van der Waals surface area contributed by atoms with Gasteiger partial charge in [0.1, 0.15) is 23.1 Å². The van der Waals surface area contributed by atoms with Gasteiger partial charge in [-0.3, -0.25) is 14.2 Å². The summed E-state index contributed by atoms with van der Waals surface area (Å²) < 4.78 is 70.9. The SMILES string of the molecule is O=C(Cn1c(Cl)cnc(NCC(F)(F)c2cccc[n+]2[O-])c1=O)NCc1c(SOOCC(F)(F)F)ccc[n+]1[O-]. The summed E-state index contributed by atoms with van der Waals surface area (Å²) in [7, 11) is 0. The third-order valence-electron chi connectivity index (χ3n) is 4.85. The van der Waals surface area contributed by atoms with E-state index in [1.165, 1.54) is 24.3 Å². The maximum Gasteiger partial charge on any atom is 0.415 e. The lowest BCUT2D eigenvalue weighted by molar-refractivity contribution is -0.624. The quantitative estimate of drug-likeness (QED) is 0.0597. The van der Waals surface area contributed by atoms with Crippen LogP contribution in [0.5, 0.6) is 0 Å². The molecule has 0 saturated heterocycles. The Hall–Kier alpha value is -3.74. The molecule has 0 unspecified atom stereocenters. The normalized spacial score (nSPS) is 11.8. The number of rotatable bonds is 12. The monoisotopic (exact) mass is 612 g/mol. The van der Waals surface area contributed by atoms with Gasteiger partial charge in [-0.25, -0.2) is 9.87 Å². The van der Waals surface area contributed by atoms with Crippen LogP contribution in [0.4, 0.5) is 27.8 Å². The van der Waals surface area contributed by atoms with Crippen LogP contribution >= 0.6 is 23.6 Å². The standard InChI is InChI=1S/C21H18ClF5N6O6S/c22-16-9-29-18(30-11-20(23,24)15-5-1-2-6-33(15)37)19(35)31(16)10-17(34)28-8-13-14(4-3-7-32(13)36)40-39-38-12-21(25,26)27/h1-7,9H,8,10-12H2,(H,28,34)(H,29,30). The first kappa shape index (κ1) is 30.8. The molecule has 0 radical (unpaired) electrons. The topological polar surface area (TPSA) is 148 Å². The number of hydrogen-bond acceptors (Lipinski definition) is 9. The van der Waals surface area contributed by atoms with E-state index in [-0.39, 0.29) is 20.5 Å². The Kier molecular flexibility index (Phi) is 10.1. The number of carbonyl (C=O) groups excluding carboxylic acids is 1. The molecule has 0 aromatic carbocycles. The van der Waals surface area contributed by atoms with Crippen LogP contribution in [-0.2, 0) is 33.0 Å². The van der Waals surface area contributed by atoms with Crippen LogP contribution in [-0.4, -0.2) is 34.8 Å². The van der Waals surface area contributed by atoms with Crippen LogP contribution in [0.3, 0.4) is 0 Å². The third-order valence-corrected chi connectivity index (χ3v) is 5.87. The van der Waals surface area contributed by atoms with Gasteiger partial charge in [-0.2, -0.15) is 35.7 Å². The Morgan fingerprint density at radius 3 is 2.55 bits per heavy atom. The van der Waals surface area contributed by atoms with Crippen LogP contribution in [0.2, 0.25) is 5.15 Å². The number of halogens is 6. The van der Waals surface area contributed by atoms with E-state index in [0.717, 1.165) is 24.7 Å². The van der Waals surface area contributed by atoms with Crippen molar-refractivity contribution < 1.29 is 45.4 Å². The zero-order chi connectivity index (χ0) is 29.5. The Morgan fingerprint density at radius 2 is 1.85 bits per heavy atom. The average molecular weight is 613 g/mol. The lowest BCUT2D eigenvalue weighted by Gasteiger charge is -2.17. The highest BCUT2D eigenvalue weighted by Gasteiger charge is 2.39. The minimum Gasteiger partial charge on any atom is -0.618 e. The summed E-state index contributed by atoms with van der Waals surface area (Å²) in [5.41, 5.74) is -2.04. The molecule has 12 nitrogen and oxygen atoms in total. The van der Waals surface area contributed by atoms with Crippen molar-refractivity contribution >= 4 is 35.4 Å². The van der Waals surface area contributed by atoms with Crippen molar-refractivity contribution in [3.8, 4) is 0 Å². The summed E-state index contributed by atoms with van der Waals surface area (Å²) in [5.74, 6) is -5.13. The summed E-state index contributed by atoms with van der Waals surface area (Å²) in [6.07, 6.45) is -1.77. The number of pyridine rings is 2. The molecule has 2 N–H and O–H groups in total. The van der Waals surface area contributed by atoms with Crippen LogP contribution < -0.4 is 25.7 Å². The van der Waals surface area contributed by atoms with Gasteiger partial charge in [0, 0.05) is 18.2 Å². The number of aromatic nitrogens is 4. The first-order valence-corrected chi connectivity index (χ1v) is 12.0. The lowest BCUT2D eigenvalue weighted by atomic mass is 10.2. The van der Waals surface area contributed by atoms with Crippen molar-refractivity contribution in [3.63, 3.8) is 0 Å². The average Bonchev–Trinajstić information content (AvgIpc) is 2.87. The molecule has 0 aliphatic carbocycles. The highest BCUT2D eigenvalue weighted by atomic mass is 35.5. The molecule has 3 aromatic heterocycles. The summed E-state index contributed by atoms with van der Waals surface area (Å²) in [5, 5.41) is 28.0. The molecule has 0 spiro atoms. The van der Waals surface area contributed by atoms with Crippen LogP contribution in [0, 0.1) is 10.4 Å². The fourth-order valence-corrected chi connectivity index (χ4v) is 3.76. The lowest BCUT2D eigenvalue weighted by Crippen LogP contribution is -2.41. The molecule has 216 valence electrons. The Labute approximate surface area is 230 Å². The van der Waals surface area contributed by atoms with Crippen molar-refractivity contribution in [2.45, 2.75) is 30.1 Å². The zero-order valence-electron chi connectivity index (χ0n) is 19.9. The molecule has 1 amide bonds. The number of alkyl halides is 5. The van der Waals surface area contributed by atoms with E-state index in [0.29, 0.717) is 21.3 Å². The molecule has 19 heteroatoms. The van der Waals surface area contributed by atoms with E-state index in [9.17, 15) is 42.0 Å². The molecule has 0 aliphatic rings. The minimum absolute atomic E-state index is 0.0179. The smallest absolute Gasteiger partial charge is 0.415 e. The van der Waals surface area contributed by atoms with E-state index in [2.05, 4.69) is 24.8 Å². The van der Waals surface area contributed by atoms with Gasteiger partial charge in [0.25, 0.3) is 11.3 Å². The van der Waals surface area contributed by atoms with E-state index < -0.39 is 61.3 Å². The summed E-state index contributed by atoms with van der Waals surface area (Å²) in [6.45, 7) is -4.04. The van der Waals surface area contributed by atoms with Crippen LogP contribution in [0.1, 0.15) is 11.4 Å².